The fraction of sp³-hybridized carbons (Fsp3) is 0.533. The number of nitrogens with one attached hydrogen (secondary N) is 1. The molecule has 5 heteroatoms. The molecule has 2 heterocycles. The molecule has 0 radical (unpaired) electrons. The van der Waals surface area contributed by atoms with E-state index in [-0.39, 0.29) is 11.9 Å². The molecule has 0 spiro atoms. The van der Waals surface area contributed by atoms with Gasteiger partial charge in [0.05, 0.1) is 0 Å². The van der Waals surface area contributed by atoms with Crippen LogP contribution in [0, 0.1) is 0 Å². The third-order valence-corrected chi connectivity index (χ3v) is 4.84. The summed E-state index contributed by atoms with van der Waals surface area (Å²) in [5.74, 6) is -0.0333. The Hall–Kier alpha value is -1.20. The summed E-state index contributed by atoms with van der Waals surface area (Å²) in [4.78, 5) is 15.5. The van der Waals surface area contributed by atoms with E-state index >= 15 is 0 Å². The van der Waals surface area contributed by atoms with E-state index in [4.69, 9.17) is 5.73 Å². The second-order valence-electron chi connectivity index (χ2n) is 5.81. The summed E-state index contributed by atoms with van der Waals surface area (Å²) in [6.07, 6.45) is 4.86. The standard InChI is InChI=1S/C15H21N3OS/c16-13-8-10(4-5-14(13)20)15(19)17-11-2-1-3-12-6-7-18(12)9-11/h4-5,8,11-12,20H,1-3,6-7,9,16H2,(H,17,19)/t11-,12?/m0/s1. The predicted molar refractivity (Wildman–Crippen MR) is 83.2 cm³/mol. The van der Waals surface area contributed by atoms with E-state index in [1.165, 1.54) is 25.8 Å². The fourth-order valence-corrected chi connectivity index (χ4v) is 3.26. The number of amides is 1. The number of anilines is 1. The predicted octanol–water partition coefficient (Wildman–Crippen LogP) is 1.91. The molecule has 2 aliphatic heterocycles. The molecule has 1 unspecified atom stereocenters. The van der Waals surface area contributed by atoms with Crippen LogP contribution in [0.25, 0.3) is 0 Å². The van der Waals surface area contributed by atoms with Crippen molar-refractivity contribution in [2.75, 3.05) is 18.8 Å². The van der Waals surface area contributed by atoms with Gasteiger partial charge in [0, 0.05) is 34.8 Å². The summed E-state index contributed by atoms with van der Waals surface area (Å²) in [5, 5.41) is 3.15. The Morgan fingerprint density at radius 2 is 2.20 bits per heavy atom. The lowest BCUT2D eigenvalue weighted by atomic mass is 10.00. The Morgan fingerprint density at radius 3 is 2.90 bits per heavy atom. The first kappa shape index (κ1) is 13.8. The van der Waals surface area contributed by atoms with Crippen LogP contribution in [0.5, 0.6) is 0 Å². The van der Waals surface area contributed by atoms with Gasteiger partial charge in [-0.3, -0.25) is 9.69 Å². The molecule has 2 atom stereocenters. The van der Waals surface area contributed by atoms with Gasteiger partial charge >= 0.3 is 0 Å². The van der Waals surface area contributed by atoms with E-state index in [9.17, 15) is 4.79 Å². The van der Waals surface area contributed by atoms with Crippen molar-refractivity contribution in [2.24, 2.45) is 0 Å². The Labute approximate surface area is 125 Å². The zero-order valence-corrected chi connectivity index (χ0v) is 12.4. The van der Waals surface area contributed by atoms with Crippen LogP contribution < -0.4 is 11.1 Å². The molecule has 0 bridgehead atoms. The van der Waals surface area contributed by atoms with Gasteiger partial charge in [-0.2, -0.15) is 0 Å². The van der Waals surface area contributed by atoms with Crippen molar-refractivity contribution in [3.63, 3.8) is 0 Å². The van der Waals surface area contributed by atoms with Crippen molar-refractivity contribution in [1.82, 2.24) is 10.2 Å². The molecule has 3 N–H and O–H groups in total. The molecule has 4 nitrogen and oxygen atoms in total. The number of nitrogens with zero attached hydrogens (tertiary/aromatic N) is 1. The van der Waals surface area contributed by atoms with Crippen molar-refractivity contribution in [2.45, 2.75) is 42.7 Å². The Kier molecular flexibility index (Phi) is 3.89. The summed E-state index contributed by atoms with van der Waals surface area (Å²) >= 11 is 4.22. The molecule has 0 aromatic heterocycles. The fourth-order valence-electron chi connectivity index (χ4n) is 3.12. The van der Waals surface area contributed by atoms with Crippen LogP contribution in [0.3, 0.4) is 0 Å². The molecular weight excluding hydrogens is 270 g/mol. The average molecular weight is 291 g/mol. The Bertz CT molecular complexity index is 520. The summed E-state index contributed by atoms with van der Waals surface area (Å²) < 4.78 is 0. The SMILES string of the molecule is Nc1cc(C(=O)N[C@H]2CCCC3CCN3C2)ccc1S. The highest BCUT2D eigenvalue weighted by Gasteiger charge is 2.32. The minimum Gasteiger partial charge on any atom is -0.398 e. The third kappa shape index (κ3) is 2.79. The maximum atomic E-state index is 12.3. The first-order chi connectivity index (χ1) is 9.63. The number of thiol groups is 1. The molecular formula is C15H21N3OS. The molecule has 2 saturated heterocycles. The molecule has 0 aliphatic carbocycles. The van der Waals surface area contributed by atoms with E-state index in [1.54, 1.807) is 18.2 Å². The zero-order valence-electron chi connectivity index (χ0n) is 11.5. The number of carbonyl (C=O) groups excluding carboxylic acids is 1. The van der Waals surface area contributed by atoms with Crippen LogP contribution in [0.4, 0.5) is 5.69 Å². The summed E-state index contributed by atoms with van der Waals surface area (Å²) in [6, 6.07) is 6.25. The number of rotatable bonds is 2. The van der Waals surface area contributed by atoms with Gasteiger partial charge in [0.15, 0.2) is 0 Å². The topological polar surface area (TPSA) is 58.4 Å². The smallest absolute Gasteiger partial charge is 0.251 e. The molecule has 108 valence electrons. The van der Waals surface area contributed by atoms with Crippen molar-refractivity contribution < 1.29 is 4.79 Å². The van der Waals surface area contributed by atoms with Gasteiger partial charge in [0.1, 0.15) is 0 Å². The van der Waals surface area contributed by atoms with E-state index in [1.807, 2.05) is 0 Å². The third-order valence-electron chi connectivity index (χ3n) is 4.44. The number of nitrogen functional groups attached to an aromatic ring is 1. The van der Waals surface area contributed by atoms with Gasteiger partial charge in [0.2, 0.25) is 0 Å². The van der Waals surface area contributed by atoms with Gasteiger partial charge in [-0.25, -0.2) is 0 Å². The number of hydrogen-bond acceptors (Lipinski definition) is 4. The number of carbonyl (C=O) groups is 1. The molecule has 1 aromatic rings. The van der Waals surface area contributed by atoms with Gasteiger partial charge < -0.3 is 11.1 Å². The molecule has 0 saturated carbocycles. The van der Waals surface area contributed by atoms with Gasteiger partial charge in [-0.05, 0) is 50.4 Å². The minimum absolute atomic E-state index is 0.0333. The first-order valence-corrected chi connectivity index (χ1v) is 7.71. The highest BCUT2D eigenvalue weighted by molar-refractivity contribution is 7.80. The summed E-state index contributed by atoms with van der Waals surface area (Å²) in [7, 11) is 0. The number of hydrogen-bond donors (Lipinski definition) is 3. The van der Waals surface area contributed by atoms with E-state index in [0.717, 1.165) is 19.0 Å². The average Bonchev–Trinajstić information content (AvgIpc) is 2.53. The van der Waals surface area contributed by atoms with Gasteiger partial charge in [0.25, 0.3) is 5.91 Å². The quantitative estimate of drug-likeness (QED) is 0.576. The first-order valence-electron chi connectivity index (χ1n) is 7.27. The molecule has 20 heavy (non-hydrogen) atoms. The highest BCUT2D eigenvalue weighted by Crippen LogP contribution is 2.27. The second-order valence-corrected chi connectivity index (χ2v) is 6.29. The van der Waals surface area contributed by atoms with Crippen molar-refractivity contribution in [3.8, 4) is 0 Å². The van der Waals surface area contributed by atoms with E-state index in [0.29, 0.717) is 16.1 Å². The second kappa shape index (κ2) is 5.66. The van der Waals surface area contributed by atoms with Crippen LogP contribution in [0.2, 0.25) is 0 Å². The largest absolute Gasteiger partial charge is 0.398 e. The lowest BCUT2D eigenvalue weighted by molar-refractivity contribution is 0.0788. The van der Waals surface area contributed by atoms with Crippen LogP contribution in [0.1, 0.15) is 36.0 Å². The number of nitrogens with two attached hydrogens (primary N) is 1. The lowest BCUT2D eigenvalue weighted by Crippen LogP contribution is -2.52. The normalized spacial score (nSPS) is 26.2. The van der Waals surface area contributed by atoms with Crippen molar-refractivity contribution in [1.29, 1.82) is 0 Å². The van der Waals surface area contributed by atoms with Crippen LogP contribution in [-0.2, 0) is 0 Å². The summed E-state index contributed by atoms with van der Waals surface area (Å²) in [6.45, 7) is 2.16. The van der Waals surface area contributed by atoms with E-state index in [2.05, 4.69) is 22.8 Å². The van der Waals surface area contributed by atoms with Crippen LogP contribution in [-0.4, -0.2) is 36.0 Å². The number of fused-ring (bicyclic) bond motifs is 1. The molecule has 2 fully saturated rings. The van der Waals surface area contributed by atoms with Crippen LogP contribution >= 0.6 is 12.6 Å². The van der Waals surface area contributed by atoms with E-state index < -0.39 is 0 Å². The minimum atomic E-state index is -0.0333. The Balaban J connectivity index is 1.64. The van der Waals surface area contributed by atoms with Gasteiger partial charge in [-0.15, -0.1) is 12.6 Å². The maximum Gasteiger partial charge on any atom is 0.251 e. The van der Waals surface area contributed by atoms with Crippen molar-refractivity contribution in [3.05, 3.63) is 23.8 Å². The lowest BCUT2D eigenvalue weighted by Gasteiger charge is -2.40. The number of benzene rings is 1. The monoisotopic (exact) mass is 291 g/mol. The van der Waals surface area contributed by atoms with Crippen LogP contribution in [0.15, 0.2) is 23.1 Å². The molecule has 3 rings (SSSR count). The van der Waals surface area contributed by atoms with Crippen molar-refractivity contribution >= 4 is 24.2 Å². The zero-order chi connectivity index (χ0) is 14.1. The maximum absolute atomic E-state index is 12.3. The van der Waals surface area contributed by atoms with Gasteiger partial charge in [-0.1, -0.05) is 0 Å². The molecule has 2 aliphatic rings. The summed E-state index contributed by atoms with van der Waals surface area (Å²) in [5.41, 5.74) is 6.96. The highest BCUT2D eigenvalue weighted by atomic mass is 32.1. The molecule has 1 amide bonds. The Morgan fingerprint density at radius 1 is 1.35 bits per heavy atom. The molecule has 1 aromatic carbocycles.